The van der Waals surface area contributed by atoms with E-state index in [1.807, 2.05) is 36.9 Å². The maximum atomic E-state index is 12.6. The zero-order chi connectivity index (χ0) is 21.8. The summed E-state index contributed by atoms with van der Waals surface area (Å²) in [4.78, 5) is 31.1. The smallest absolute Gasteiger partial charge is 0.338 e. The van der Waals surface area contributed by atoms with Crippen molar-refractivity contribution in [3.05, 3.63) is 59.1 Å². The molecule has 2 aromatic carbocycles. The molecule has 0 atom stereocenters. The highest BCUT2D eigenvalue weighted by Gasteiger charge is 2.26. The first-order chi connectivity index (χ1) is 15.0. The van der Waals surface area contributed by atoms with Crippen LogP contribution in [0, 0.1) is 0 Å². The van der Waals surface area contributed by atoms with Crippen molar-refractivity contribution in [3.63, 3.8) is 0 Å². The molecule has 6 nitrogen and oxygen atoms in total. The number of carbonyl (C=O) groups is 2. The molecule has 1 fully saturated rings. The van der Waals surface area contributed by atoms with E-state index in [1.165, 1.54) is 9.71 Å². The van der Waals surface area contributed by atoms with Gasteiger partial charge in [0.25, 0.3) is 5.91 Å². The third kappa shape index (κ3) is 5.22. The van der Waals surface area contributed by atoms with E-state index >= 15 is 0 Å². The van der Waals surface area contributed by atoms with Gasteiger partial charge < -0.3 is 14.4 Å². The number of hydrogen-bond donors (Lipinski definition) is 0. The third-order valence-electron chi connectivity index (χ3n) is 5.30. The van der Waals surface area contributed by atoms with Gasteiger partial charge in [0.05, 0.1) is 26.9 Å². The number of benzene rings is 2. The number of carbonyl (C=O) groups excluding carboxylic acids is 2. The lowest BCUT2D eigenvalue weighted by Crippen LogP contribution is -2.40. The topological polar surface area (TPSA) is 68.7 Å². The molecule has 31 heavy (non-hydrogen) atoms. The Balaban J connectivity index is 1.26. The average molecular weight is 439 g/mol. The first-order valence-electron chi connectivity index (χ1n) is 10.6. The van der Waals surface area contributed by atoms with E-state index in [-0.39, 0.29) is 24.6 Å². The minimum Gasteiger partial charge on any atom is -0.484 e. The van der Waals surface area contributed by atoms with Crippen LogP contribution in [0.2, 0.25) is 0 Å². The van der Waals surface area contributed by atoms with Crippen LogP contribution in [0.3, 0.4) is 0 Å². The van der Waals surface area contributed by atoms with Gasteiger partial charge in [-0.1, -0.05) is 12.1 Å². The molecule has 0 radical (unpaired) electrons. The lowest BCUT2D eigenvalue weighted by molar-refractivity contribution is -0.134. The Bertz CT molecular complexity index is 1020. The highest BCUT2D eigenvalue weighted by molar-refractivity contribution is 7.18. The standard InChI is InChI=1S/C24H26N2O4S/c1-16(2)30-24(28)18-7-9-19(10-8-18)29-15-22(27)26-13-11-17(12-14-26)23-25-20-5-3-4-6-21(20)31-23/h3-10,16-17H,11-15H2,1-2H3. The fraction of sp³-hybridized carbons (Fsp3) is 0.375. The van der Waals surface area contributed by atoms with Gasteiger partial charge in [0.15, 0.2) is 6.61 Å². The Labute approximate surface area is 185 Å². The van der Waals surface area contributed by atoms with Crippen LogP contribution in [0.1, 0.15) is 48.0 Å². The van der Waals surface area contributed by atoms with E-state index < -0.39 is 0 Å². The SMILES string of the molecule is CC(C)OC(=O)c1ccc(OCC(=O)N2CCC(c3nc4ccccc4s3)CC2)cc1. The summed E-state index contributed by atoms with van der Waals surface area (Å²) in [6.45, 7) is 5.03. The molecular formula is C24H26N2O4S. The molecular weight excluding hydrogens is 412 g/mol. The summed E-state index contributed by atoms with van der Waals surface area (Å²) in [6.07, 6.45) is 1.66. The van der Waals surface area contributed by atoms with Crippen molar-refractivity contribution in [2.24, 2.45) is 0 Å². The average Bonchev–Trinajstić information content (AvgIpc) is 3.22. The number of aromatic nitrogens is 1. The van der Waals surface area contributed by atoms with Gasteiger partial charge in [0.2, 0.25) is 0 Å². The maximum absolute atomic E-state index is 12.6. The minimum absolute atomic E-state index is 0.0123. The zero-order valence-electron chi connectivity index (χ0n) is 17.7. The summed E-state index contributed by atoms with van der Waals surface area (Å²) in [7, 11) is 0. The minimum atomic E-state index is -0.367. The molecule has 0 saturated carbocycles. The Kier molecular flexibility index (Phi) is 6.51. The molecule has 1 saturated heterocycles. The van der Waals surface area contributed by atoms with Crippen LogP contribution >= 0.6 is 11.3 Å². The second kappa shape index (κ2) is 9.47. The van der Waals surface area contributed by atoms with Crippen LogP contribution in [0.15, 0.2) is 48.5 Å². The summed E-state index contributed by atoms with van der Waals surface area (Å²) >= 11 is 1.75. The normalized spacial score (nSPS) is 14.7. The van der Waals surface area contributed by atoms with E-state index in [2.05, 4.69) is 6.07 Å². The number of piperidine rings is 1. The van der Waals surface area contributed by atoms with Crippen molar-refractivity contribution in [2.75, 3.05) is 19.7 Å². The first-order valence-corrected chi connectivity index (χ1v) is 11.4. The van der Waals surface area contributed by atoms with Gasteiger partial charge in [-0.15, -0.1) is 11.3 Å². The predicted octanol–water partition coefficient (Wildman–Crippen LogP) is 4.65. The molecule has 0 N–H and O–H groups in total. The van der Waals surface area contributed by atoms with Crippen LogP contribution in [-0.4, -0.2) is 47.6 Å². The fourth-order valence-electron chi connectivity index (χ4n) is 3.65. The Morgan fingerprint density at radius 2 is 1.81 bits per heavy atom. The molecule has 1 aliphatic rings. The first kappa shape index (κ1) is 21.3. The number of rotatable bonds is 6. The number of fused-ring (bicyclic) bond motifs is 1. The van der Waals surface area contributed by atoms with Gasteiger partial charge in [-0.3, -0.25) is 4.79 Å². The van der Waals surface area contributed by atoms with Crippen molar-refractivity contribution in [3.8, 4) is 5.75 Å². The quantitative estimate of drug-likeness (QED) is 0.524. The summed E-state index contributed by atoms with van der Waals surface area (Å²) in [5, 5.41) is 1.17. The highest BCUT2D eigenvalue weighted by atomic mass is 32.1. The number of likely N-dealkylation sites (tertiary alicyclic amines) is 1. The number of nitrogens with zero attached hydrogens (tertiary/aromatic N) is 2. The number of ether oxygens (including phenoxy) is 2. The lowest BCUT2D eigenvalue weighted by Gasteiger charge is -2.31. The van der Waals surface area contributed by atoms with E-state index in [9.17, 15) is 9.59 Å². The van der Waals surface area contributed by atoms with Crippen molar-refractivity contribution in [1.29, 1.82) is 0 Å². The molecule has 4 rings (SSSR count). The van der Waals surface area contributed by atoms with Gasteiger partial charge in [0.1, 0.15) is 5.75 Å². The fourth-order valence-corrected chi connectivity index (χ4v) is 4.78. The second-order valence-corrected chi connectivity index (χ2v) is 9.00. The second-order valence-electron chi connectivity index (χ2n) is 7.94. The molecule has 162 valence electrons. The van der Waals surface area contributed by atoms with Gasteiger partial charge in [-0.25, -0.2) is 9.78 Å². The van der Waals surface area contributed by atoms with Crippen LogP contribution in [0.4, 0.5) is 0 Å². The number of para-hydroxylation sites is 1. The summed E-state index contributed by atoms with van der Waals surface area (Å²) in [6, 6.07) is 14.9. The van der Waals surface area contributed by atoms with Crippen molar-refractivity contribution < 1.29 is 19.1 Å². The zero-order valence-corrected chi connectivity index (χ0v) is 18.6. The van der Waals surface area contributed by atoms with E-state index in [1.54, 1.807) is 35.6 Å². The Hall–Kier alpha value is -2.93. The Morgan fingerprint density at radius 3 is 2.48 bits per heavy atom. The largest absolute Gasteiger partial charge is 0.484 e. The van der Waals surface area contributed by atoms with Crippen LogP contribution in [0.5, 0.6) is 5.75 Å². The number of esters is 1. The van der Waals surface area contributed by atoms with Crippen LogP contribution in [-0.2, 0) is 9.53 Å². The van der Waals surface area contributed by atoms with E-state index in [0.717, 1.165) is 18.4 Å². The molecule has 7 heteroatoms. The van der Waals surface area contributed by atoms with E-state index in [4.69, 9.17) is 14.5 Å². The molecule has 1 aromatic heterocycles. The van der Waals surface area contributed by atoms with Gasteiger partial charge in [0, 0.05) is 19.0 Å². The van der Waals surface area contributed by atoms with Crippen molar-refractivity contribution in [2.45, 2.75) is 38.7 Å². The van der Waals surface area contributed by atoms with Crippen molar-refractivity contribution >= 4 is 33.4 Å². The molecule has 0 bridgehead atoms. The molecule has 2 heterocycles. The Morgan fingerprint density at radius 1 is 1.10 bits per heavy atom. The highest BCUT2D eigenvalue weighted by Crippen LogP contribution is 2.33. The monoisotopic (exact) mass is 438 g/mol. The summed E-state index contributed by atoms with van der Waals surface area (Å²) in [5.74, 6) is 0.569. The number of thiazole rings is 1. The van der Waals surface area contributed by atoms with Crippen molar-refractivity contribution in [1.82, 2.24) is 9.88 Å². The number of hydrogen-bond acceptors (Lipinski definition) is 6. The third-order valence-corrected chi connectivity index (χ3v) is 6.50. The van der Waals surface area contributed by atoms with Gasteiger partial charge in [-0.2, -0.15) is 0 Å². The molecule has 1 amide bonds. The van der Waals surface area contributed by atoms with Crippen LogP contribution < -0.4 is 4.74 Å². The van der Waals surface area contributed by atoms with E-state index in [0.29, 0.717) is 30.3 Å². The molecule has 1 aliphatic heterocycles. The molecule has 0 aliphatic carbocycles. The van der Waals surface area contributed by atoms with Gasteiger partial charge in [-0.05, 0) is 63.1 Å². The molecule has 0 spiro atoms. The summed E-state index contributed by atoms with van der Waals surface area (Å²) in [5.41, 5.74) is 1.52. The molecule has 3 aromatic rings. The van der Waals surface area contributed by atoms with Gasteiger partial charge >= 0.3 is 5.97 Å². The maximum Gasteiger partial charge on any atom is 0.338 e. The van der Waals surface area contributed by atoms with Crippen LogP contribution in [0.25, 0.3) is 10.2 Å². The molecule has 0 unspecified atom stereocenters. The predicted molar refractivity (Wildman–Crippen MR) is 121 cm³/mol. The summed E-state index contributed by atoms with van der Waals surface area (Å²) < 4.78 is 12.0. The lowest BCUT2D eigenvalue weighted by atomic mass is 9.97. The number of amides is 1.